The lowest BCUT2D eigenvalue weighted by atomic mass is 9.84. The van der Waals surface area contributed by atoms with Crippen LogP contribution in [0.25, 0.3) is 0 Å². The van der Waals surface area contributed by atoms with E-state index in [0.29, 0.717) is 6.42 Å². The van der Waals surface area contributed by atoms with Gasteiger partial charge in [-0.25, -0.2) is 0 Å². The van der Waals surface area contributed by atoms with Crippen LogP contribution in [0.3, 0.4) is 0 Å². The lowest BCUT2D eigenvalue weighted by Crippen LogP contribution is -2.35. The summed E-state index contributed by atoms with van der Waals surface area (Å²) in [7, 11) is 0. The number of nitrogen functional groups attached to an aromatic ring is 1. The molecule has 1 aliphatic rings. The number of amides is 1. The number of anilines is 2. The number of esters is 1. The monoisotopic (exact) mass is 382 g/mol. The zero-order valence-corrected chi connectivity index (χ0v) is 15.4. The van der Waals surface area contributed by atoms with E-state index in [1.165, 1.54) is 24.8 Å². The quantitative estimate of drug-likeness (QED) is 0.513. The van der Waals surface area contributed by atoms with E-state index in [0.717, 1.165) is 0 Å². The van der Waals surface area contributed by atoms with Crippen LogP contribution in [0.5, 0.6) is 0 Å². The third-order valence-electron chi connectivity index (χ3n) is 4.32. The molecular formula is C19H18N4O5. The number of hydrogen-bond acceptors (Lipinski definition) is 8. The Morgan fingerprint density at radius 1 is 1.04 bits per heavy atom. The molecule has 1 amide bonds. The first-order valence-corrected chi connectivity index (χ1v) is 8.59. The predicted octanol–water partition coefficient (Wildman–Crippen LogP) is 1.14. The minimum Gasteiger partial charge on any atom is -0.466 e. The highest BCUT2D eigenvalue weighted by atomic mass is 16.5. The third kappa shape index (κ3) is 3.34. The van der Waals surface area contributed by atoms with Crippen LogP contribution in [0.15, 0.2) is 24.3 Å². The number of ketones is 2. The maximum Gasteiger partial charge on any atom is 0.302 e. The zero-order chi connectivity index (χ0) is 20.4. The first-order chi connectivity index (χ1) is 13.3. The number of carbonyl (C=O) groups is 4. The first-order valence-electron chi connectivity index (χ1n) is 8.59. The summed E-state index contributed by atoms with van der Waals surface area (Å²) in [4.78, 5) is 50.3. The fourth-order valence-electron chi connectivity index (χ4n) is 3.07. The number of hydrogen-bond donors (Lipinski definition) is 1. The van der Waals surface area contributed by atoms with Crippen molar-refractivity contribution in [1.82, 2.24) is 10.2 Å². The maximum absolute atomic E-state index is 13.1. The summed E-state index contributed by atoms with van der Waals surface area (Å²) < 4.78 is 4.87. The van der Waals surface area contributed by atoms with Crippen molar-refractivity contribution in [1.29, 1.82) is 0 Å². The second-order valence-corrected chi connectivity index (χ2v) is 6.23. The molecule has 28 heavy (non-hydrogen) atoms. The van der Waals surface area contributed by atoms with E-state index in [1.807, 2.05) is 0 Å². The largest absolute Gasteiger partial charge is 0.466 e. The van der Waals surface area contributed by atoms with Gasteiger partial charge in [0.2, 0.25) is 5.91 Å². The van der Waals surface area contributed by atoms with E-state index in [1.54, 1.807) is 18.2 Å². The molecule has 1 heterocycles. The normalized spacial score (nSPS) is 12.2. The molecule has 1 aliphatic carbocycles. The second-order valence-electron chi connectivity index (χ2n) is 6.23. The zero-order valence-electron chi connectivity index (χ0n) is 15.4. The number of carbonyl (C=O) groups excluding carboxylic acids is 4. The molecule has 0 saturated heterocycles. The van der Waals surface area contributed by atoms with Gasteiger partial charge in [-0.2, -0.15) is 0 Å². The van der Waals surface area contributed by atoms with Gasteiger partial charge in [-0.3, -0.25) is 24.1 Å². The van der Waals surface area contributed by atoms with Crippen LogP contribution in [0.2, 0.25) is 0 Å². The van der Waals surface area contributed by atoms with Gasteiger partial charge in [0, 0.05) is 31.5 Å². The van der Waals surface area contributed by atoms with Gasteiger partial charge in [-0.15, -0.1) is 10.2 Å². The van der Waals surface area contributed by atoms with E-state index in [2.05, 4.69) is 10.2 Å². The Morgan fingerprint density at radius 2 is 1.64 bits per heavy atom. The van der Waals surface area contributed by atoms with Crippen LogP contribution >= 0.6 is 0 Å². The molecule has 0 saturated carbocycles. The summed E-state index contributed by atoms with van der Waals surface area (Å²) in [6, 6.07) is 6.38. The van der Waals surface area contributed by atoms with Gasteiger partial charge in [0.25, 0.3) is 0 Å². The Balaban J connectivity index is 2.05. The van der Waals surface area contributed by atoms with Crippen molar-refractivity contribution < 1.29 is 23.9 Å². The second kappa shape index (κ2) is 7.55. The standard InChI is InChI=1S/C19H18N4O5/c1-10(24)23(8-5-9-28-11(2)25)19-15-14(18(20)21-22-19)16(26)12-6-3-4-7-13(12)17(15)27/h3-4,6-7H,5,8-9H2,1-2H3,(H2,20,21). The van der Waals surface area contributed by atoms with Crippen LogP contribution in [-0.2, 0) is 14.3 Å². The molecule has 9 heteroatoms. The average molecular weight is 382 g/mol. The fraction of sp³-hybridized carbons (Fsp3) is 0.263. The van der Waals surface area contributed by atoms with Gasteiger partial charge in [0.1, 0.15) is 0 Å². The number of fused-ring (bicyclic) bond motifs is 2. The minimum atomic E-state index is -0.451. The summed E-state index contributed by atoms with van der Waals surface area (Å²) in [5.41, 5.74) is 6.20. The van der Waals surface area contributed by atoms with Crippen LogP contribution in [-0.4, -0.2) is 46.8 Å². The summed E-state index contributed by atoms with van der Waals surface area (Å²) in [5, 5.41) is 7.72. The highest BCUT2D eigenvalue weighted by Gasteiger charge is 2.36. The van der Waals surface area contributed by atoms with Crippen LogP contribution in [0, 0.1) is 0 Å². The van der Waals surface area contributed by atoms with E-state index in [4.69, 9.17) is 10.5 Å². The van der Waals surface area contributed by atoms with Gasteiger partial charge >= 0.3 is 5.97 Å². The van der Waals surface area contributed by atoms with Crippen molar-refractivity contribution in [2.24, 2.45) is 0 Å². The third-order valence-corrected chi connectivity index (χ3v) is 4.32. The highest BCUT2D eigenvalue weighted by Crippen LogP contribution is 2.34. The molecule has 1 aromatic heterocycles. The minimum absolute atomic E-state index is 0.0348. The smallest absolute Gasteiger partial charge is 0.302 e. The van der Waals surface area contributed by atoms with Crippen LogP contribution in [0.1, 0.15) is 52.1 Å². The molecule has 144 valence electrons. The van der Waals surface area contributed by atoms with Gasteiger partial charge in [-0.1, -0.05) is 24.3 Å². The Labute approximate surface area is 160 Å². The molecule has 2 aromatic rings. The fourth-order valence-corrected chi connectivity index (χ4v) is 3.07. The highest BCUT2D eigenvalue weighted by molar-refractivity contribution is 6.31. The summed E-state index contributed by atoms with van der Waals surface area (Å²) in [6.07, 6.45) is 0.318. The van der Waals surface area contributed by atoms with Crippen LogP contribution < -0.4 is 10.6 Å². The number of benzene rings is 1. The number of nitrogens with zero attached hydrogens (tertiary/aromatic N) is 3. The van der Waals surface area contributed by atoms with Crippen molar-refractivity contribution in [3.05, 3.63) is 46.5 Å². The average Bonchev–Trinajstić information content (AvgIpc) is 2.66. The molecular weight excluding hydrogens is 364 g/mol. The Bertz CT molecular complexity index is 1000. The number of ether oxygens (including phenoxy) is 1. The molecule has 2 N–H and O–H groups in total. The van der Waals surface area contributed by atoms with Gasteiger partial charge < -0.3 is 10.5 Å². The molecule has 0 atom stereocenters. The summed E-state index contributed by atoms with van der Waals surface area (Å²) in [6.45, 7) is 2.81. The van der Waals surface area contributed by atoms with E-state index >= 15 is 0 Å². The Hall–Kier alpha value is -3.62. The lowest BCUT2D eigenvalue weighted by molar-refractivity contribution is -0.140. The van der Waals surface area contributed by atoms with Crippen molar-refractivity contribution in [3.8, 4) is 0 Å². The predicted molar refractivity (Wildman–Crippen MR) is 99.0 cm³/mol. The van der Waals surface area contributed by atoms with E-state index < -0.39 is 23.4 Å². The number of nitrogens with two attached hydrogens (primary N) is 1. The molecule has 3 rings (SSSR count). The molecule has 9 nitrogen and oxygen atoms in total. The Kier molecular flexibility index (Phi) is 5.16. The maximum atomic E-state index is 13.1. The molecule has 0 bridgehead atoms. The van der Waals surface area contributed by atoms with E-state index in [-0.39, 0.29) is 47.0 Å². The SMILES string of the molecule is CC(=O)OCCCN(C(C)=O)c1nnc(N)c2c1C(=O)c1ccccc1C2=O. The molecule has 0 fully saturated rings. The van der Waals surface area contributed by atoms with Crippen molar-refractivity contribution in [3.63, 3.8) is 0 Å². The van der Waals surface area contributed by atoms with Crippen molar-refractivity contribution >= 4 is 35.1 Å². The van der Waals surface area contributed by atoms with Crippen LogP contribution in [0.4, 0.5) is 11.6 Å². The van der Waals surface area contributed by atoms with Gasteiger partial charge in [-0.05, 0) is 6.42 Å². The van der Waals surface area contributed by atoms with Crippen molar-refractivity contribution in [2.75, 3.05) is 23.8 Å². The molecule has 0 aliphatic heterocycles. The molecule has 1 aromatic carbocycles. The lowest BCUT2D eigenvalue weighted by Gasteiger charge is -2.25. The van der Waals surface area contributed by atoms with Crippen molar-refractivity contribution in [2.45, 2.75) is 20.3 Å². The molecule has 0 radical (unpaired) electrons. The molecule has 0 unspecified atom stereocenters. The van der Waals surface area contributed by atoms with Gasteiger partial charge in [0.05, 0.1) is 17.7 Å². The first kappa shape index (κ1) is 19.2. The van der Waals surface area contributed by atoms with Gasteiger partial charge in [0.15, 0.2) is 23.2 Å². The number of rotatable bonds is 5. The number of aromatic nitrogens is 2. The molecule has 0 spiro atoms. The topological polar surface area (TPSA) is 133 Å². The Morgan fingerprint density at radius 3 is 2.21 bits per heavy atom. The van der Waals surface area contributed by atoms with E-state index in [9.17, 15) is 19.2 Å². The summed E-state index contributed by atoms with van der Waals surface area (Å²) in [5.74, 6) is -1.93. The summed E-state index contributed by atoms with van der Waals surface area (Å²) >= 11 is 0.